The molecule has 0 aliphatic rings. The normalized spacial score (nSPS) is 11.1. The number of halogens is 1. The number of nitrogens with zero attached hydrogens (tertiary/aromatic N) is 1. The zero-order valence-corrected chi connectivity index (χ0v) is 26.8. The van der Waals surface area contributed by atoms with Crippen LogP contribution in [0.3, 0.4) is 0 Å². The zero-order chi connectivity index (χ0) is 30.9. The number of amides is 3. The summed E-state index contributed by atoms with van der Waals surface area (Å²) < 4.78 is 0.843. The molecule has 0 aliphatic heterocycles. The third kappa shape index (κ3) is 8.76. The standard InChI is InChI=1S/C34H27BrN4O3S2/c1-22-13-15-24(16-14-22)30-20-44-34(38-30)39-31(40)21-43-28-12-6-11-27(19-28)36-33(42)29(18-23-7-5-10-26(35)17-23)37-32(41)25-8-3-2-4-9-25/h2-20H,21H2,1H3,(H,36,42)(H,37,41)(H,38,39,40)/b29-18+. The first-order valence-corrected chi connectivity index (χ1v) is 16.2. The van der Waals surface area contributed by atoms with Crippen molar-refractivity contribution in [2.45, 2.75) is 11.8 Å². The number of anilines is 2. The lowest BCUT2D eigenvalue weighted by Crippen LogP contribution is -2.30. The molecule has 10 heteroatoms. The van der Waals surface area contributed by atoms with Crippen molar-refractivity contribution in [3.8, 4) is 11.3 Å². The van der Waals surface area contributed by atoms with Crippen molar-refractivity contribution < 1.29 is 14.4 Å². The fourth-order valence-corrected chi connectivity index (χ4v) is 5.97. The molecule has 0 atom stereocenters. The van der Waals surface area contributed by atoms with Crippen molar-refractivity contribution in [3.63, 3.8) is 0 Å². The Kier molecular flexibility index (Phi) is 10.4. The second-order valence-electron chi connectivity index (χ2n) is 9.66. The number of thiazole rings is 1. The summed E-state index contributed by atoms with van der Waals surface area (Å²) in [6.45, 7) is 2.03. The lowest BCUT2D eigenvalue weighted by atomic mass is 10.1. The van der Waals surface area contributed by atoms with Gasteiger partial charge in [0.05, 0.1) is 11.4 Å². The summed E-state index contributed by atoms with van der Waals surface area (Å²) in [6, 6.07) is 31.4. The van der Waals surface area contributed by atoms with Crippen molar-refractivity contribution in [2.75, 3.05) is 16.4 Å². The van der Waals surface area contributed by atoms with E-state index >= 15 is 0 Å². The summed E-state index contributed by atoms with van der Waals surface area (Å²) in [7, 11) is 0. The van der Waals surface area contributed by atoms with Gasteiger partial charge in [-0.25, -0.2) is 4.98 Å². The highest BCUT2D eigenvalue weighted by atomic mass is 79.9. The summed E-state index contributed by atoms with van der Waals surface area (Å²) in [5.41, 5.74) is 4.76. The summed E-state index contributed by atoms with van der Waals surface area (Å²) in [5, 5.41) is 10.9. The number of rotatable bonds is 10. The second-order valence-corrected chi connectivity index (χ2v) is 12.5. The number of thioether (sulfide) groups is 1. The Morgan fingerprint density at radius 2 is 1.66 bits per heavy atom. The maximum Gasteiger partial charge on any atom is 0.272 e. The SMILES string of the molecule is Cc1ccc(-c2csc(NC(=O)CSc3cccc(NC(=O)/C(=C\c4cccc(Br)c4)NC(=O)c4ccccc4)c3)n2)cc1. The Bertz CT molecular complexity index is 1820. The van der Waals surface area contributed by atoms with Crippen molar-refractivity contribution >= 4 is 73.6 Å². The van der Waals surface area contributed by atoms with Gasteiger partial charge >= 0.3 is 0 Å². The number of carbonyl (C=O) groups excluding carboxylic acids is 3. The molecule has 4 aromatic carbocycles. The van der Waals surface area contributed by atoms with Crippen LogP contribution in [0, 0.1) is 6.92 Å². The molecular formula is C34H27BrN4O3S2. The quantitative estimate of drug-likeness (QED) is 0.102. The van der Waals surface area contributed by atoms with Gasteiger partial charge in [0.25, 0.3) is 11.8 Å². The lowest BCUT2D eigenvalue weighted by molar-refractivity contribution is -0.114. The lowest BCUT2D eigenvalue weighted by Gasteiger charge is -2.12. The largest absolute Gasteiger partial charge is 0.321 e. The van der Waals surface area contributed by atoms with Crippen molar-refractivity contribution in [2.24, 2.45) is 0 Å². The van der Waals surface area contributed by atoms with Gasteiger partial charge in [0.2, 0.25) is 5.91 Å². The van der Waals surface area contributed by atoms with Gasteiger partial charge in [-0.3, -0.25) is 14.4 Å². The molecule has 7 nitrogen and oxygen atoms in total. The first-order chi connectivity index (χ1) is 21.3. The molecule has 0 aliphatic carbocycles. The van der Waals surface area contributed by atoms with Crippen LogP contribution in [0.4, 0.5) is 10.8 Å². The highest BCUT2D eigenvalue weighted by Gasteiger charge is 2.16. The molecule has 0 radical (unpaired) electrons. The van der Waals surface area contributed by atoms with E-state index in [1.165, 1.54) is 28.7 Å². The van der Waals surface area contributed by atoms with Crippen molar-refractivity contribution in [1.29, 1.82) is 0 Å². The molecular weight excluding hydrogens is 656 g/mol. The molecule has 0 saturated heterocycles. The van der Waals surface area contributed by atoms with Gasteiger partial charge < -0.3 is 16.0 Å². The van der Waals surface area contributed by atoms with Crippen LogP contribution in [0.5, 0.6) is 0 Å². The van der Waals surface area contributed by atoms with Gasteiger partial charge in [-0.1, -0.05) is 82.2 Å². The Hall–Kier alpha value is -4.51. The van der Waals surface area contributed by atoms with E-state index in [9.17, 15) is 14.4 Å². The van der Waals surface area contributed by atoms with E-state index in [-0.39, 0.29) is 17.4 Å². The molecule has 5 rings (SSSR count). The van der Waals surface area contributed by atoms with Crippen LogP contribution in [0.2, 0.25) is 0 Å². The number of aryl methyl sites for hydroxylation is 1. The monoisotopic (exact) mass is 682 g/mol. The van der Waals surface area contributed by atoms with Crippen LogP contribution in [0.15, 0.2) is 124 Å². The minimum absolute atomic E-state index is 0.0860. The van der Waals surface area contributed by atoms with Gasteiger partial charge in [0, 0.05) is 31.6 Å². The maximum atomic E-state index is 13.4. The van der Waals surface area contributed by atoms with Crippen molar-refractivity contribution in [1.82, 2.24) is 10.3 Å². The highest BCUT2D eigenvalue weighted by molar-refractivity contribution is 9.10. The molecule has 3 N–H and O–H groups in total. The van der Waals surface area contributed by atoms with Crippen LogP contribution in [-0.2, 0) is 9.59 Å². The third-order valence-corrected chi connectivity index (χ3v) is 8.49. The third-order valence-electron chi connectivity index (χ3n) is 6.25. The average molecular weight is 684 g/mol. The average Bonchev–Trinajstić information content (AvgIpc) is 3.49. The predicted molar refractivity (Wildman–Crippen MR) is 183 cm³/mol. The number of nitrogens with one attached hydrogen (secondary N) is 3. The molecule has 0 unspecified atom stereocenters. The molecule has 0 spiro atoms. The Morgan fingerprint density at radius 1 is 0.886 bits per heavy atom. The van der Waals surface area contributed by atoms with Gasteiger partial charge in [-0.05, 0) is 61.0 Å². The number of benzene rings is 4. The van der Waals surface area contributed by atoms with Gasteiger partial charge in [-0.15, -0.1) is 23.1 Å². The van der Waals surface area contributed by atoms with E-state index in [4.69, 9.17) is 0 Å². The Labute approximate surface area is 272 Å². The molecule has 1 aromatic heterocycles. The van der Waals surface area contributed by atoms with Crippen LogP contribution in [-0.4, -0.2) is 28.5 Å². The van der Waals surface area contributed by atoms with E-state index in [0.29, 0.717) is 16.4 Å². The van der Waals surface area contributed by atoms with Gasteiger partial charge in [0.1, 0.15) is 5.70 Å². The van der Waals surface area contributed by atoms with Gasteiger partial charge in [-0.2, -0.15) is 0 Å². The van der Waals surface area contributed by atoms with E-state index in [1.807, 2.05) is 73.0 Å². The maximum absolute atomic E-state index is 13.4. The van der Waals surface area contributed by atoms with E-state index in [0.717, 1.165) is 26.2 Å². The van der Waals surface area contributed by atoms with Crippen LogP contribution < -0.4 is 16.0 Å². The summed E-state index contributed by atoms with van der Waals surface area (Å²) >= 11 is 6.16. The fraction of sp³-hybridized carbons (Fsp3) is 0.0588. The Balaban J connectivity index is 1.22. The first-order valence-electron chi connectivity index (χ1n) is 13.5. The van der Waals surface area contributed by atoms with Crippen LogP contribution in [0.1, 0.15) is 21.5 Å². The molecule has 44 heavy (non-hydrogen) atoms. The Morgan fingerprint density at radius 3 is 2.43 bits per heavy atom. The molecule has 220 valence electrons. The smallest absolute Gasteiger partial charge is 0.272 e. The summed E-state index contributed by atoms with van der Waals surface area (Å²) in [4.78, 5) is 44.3. The van der Waals surface area contributed by atoms with E-state index < -0.39 is 11.8 Å². The molecule has 0 bridgehead atoms. The molecule has 0 fully saturated rings. The fourth-order valence-electron chi connectivity index (χ4n) is 4.06. The first kappa shape index (κ1) is 30.9. The highest BCUT2D eigenvalue weighted by Crippen LogP contribution is 2.26. The minimum Gasteiger partial charge on any atom is -0.321 e. The minimum atomic E-state index is -0.484. The number of carbonyl (C=O) groups is 3. The molecule has 5 aromatic rings. The number of hydrogen-bond acceptors (Lipinski definition) is 6. The van der Waals surface area contributed by atoms with E-state index in [2.05, 4.69) is 36.9 Å². The van der Waals surface area contributed by atoms with Crippen LogP contribution in [0.25, 0.3) is 17.3 Å². The molecule has 3 amide bonds. The zero-order valence-electron chi connectivity index (χ0n) is 23.5. The number of aromatic nitrogens is 1. The summed E-state index contributed by atoms with van der Waals surface area (Å²) in [5.74, 6) is -0.902. The predicted octanol–water partition coefficient (Wildman–Crippen LogP) is 8.02. The second kappa shape index (κ2) is 14.8. The van der Waals surface area contributed by atoms with Gasteiger partial charge in [0.15, 0.2) is 5.13 Å². The summed E-state index contributed by atoms with van der Waals surface area (Å²) in [6.07, 6.45) is 1.62. The molecule has 0 saturated carbocycles. The topological polar surface area (TPSA) is 100 Å². The van der Waals surface area contributed by atoms with Crippen LogP contribution >= 0.6 is 39.0 Å². The van der Waals surface area contributed by atoms with E-state index in [1.54, 1.807) is 48.5 Å². The number of hydrogen-bond donors (Lipinski definition) is 3. The van der Waals surface area contributed by atoms with Crippen molar-refractivity contribution in [3.05, 3.63) is 135 Å². The molecule has 1 heterocycles.